The molecule has 0 aromatic carbocycles. The maximum atomic E-state index is 5.42. The molecule has 0 saturated carbocycles. The number of aromatic nitrogens is 1. The second kappa shape index (κ2) is 5.00. The number of nitrogens with one attached hydrogen (secondary N) is 1. The lowest BCUT2D eigenvalue weighted by Crippen LogP contribution is -2.19. The van der Waals surface area contributed by atoms with Gasteiger partial charge in [-0.15, -0.1) is 17.8 Å². The van der Waals surface area contributed by atoms with Crippen LogP contribution in [0.3, 0.4) is 0 Å². The van der Waals surface area contributed by atoms with Crippen molar-refractivity contribution >= 4 is 11.3 Å². The number of nitrogens with zero attached hydrogens (tertiary/aromatic N) is 1. The summed E-state index contributed by atoms with van der Waals surface area (Å²) in [4.78, 5) is 5.31. The van der Waals surface area contributed by atoms with Gasteiger partial charge in [0.15, 0.2) is 0 Å². The van der Waals surface area contributed by atoms with Gasteiger partial charge < -0.3 is 0 Å². The third-order valence-corrected chi connectivity index (χ3v) is 2.67. The molecule has 0 saturated heterocycles. The monoisotopic (exact) mass is 194 g/mol. The summed E-state index contributed by atoms with van der Waals surface area (Å²) < 4.78 is 0. The summed E-state index contributed by atoms with van der Waals surface area (Å²) in [5.41, 5.74) is 0. The summed E-state index contributed by atoms with van der Waals surface area (Å²) in [7, 11) is 0. The van der Waals surface area contributed by atoms with Crippen molar-refractivity contribution in [1.29, 1.82) is 0 Å². The van der Waals surface area contributed by atoms with E-state index >= 15 is 0 Å². The van der Waals surface area contributed by atoms with Crippen LogP contribution in [0, 0.1) is 19.3 Å². The van der Waals surface area contributed by atoms with Gasteiger partial charge in [-0.2, -0.15) is 0 Å². The lowest BCUT2D eigenvalue weighted by molar-refractivity contribution is 0.632. The molecular formula is C10H14N2S. The molecule has 0 bridgehead atoms. The lowest BCUT2D eigenvalue weighted by Gasteiger charge is -2.08. The minimum Gasteiger partial charge on any atom is -0.299 e. The van der Waals surface area contributed by atoms with Crippen molar-refractivity contribution in [2.75, 3.05) is 6.54 Å². The molecule has 2 nitrogen and oxygen atoms in total. The summed E-state index contributed by atoms with van der Waals surface area (Å²) in [6.07, 6.45) is 8.37. The van der Waals surface area contributed by atoms with E-state index < -0.39 is 0 Å². The Bertz CT molecular complexity index is 298. The zero-order valence-electron chi connectivity index (χ0n) is 8.00. The van der Waals surface area contributed by atoms with Crippen LogP contribution in [0.15, 0.2) is 6.20 Å². The second-order valence-electron chi connectivity index (χ2n) is 2.84. The Kier molecular flexibility index (Phi) is 3.94. The molecule has 1 rings (SSSR count). The highest BCUT2D eigenvalue weighted by Gasteiger charge is 2.09. The Morgan fingerprint density at radius 1 is 1.77 bits per heavy atom. The molecule has 1 heterocycles. The van der Waals surface area contributed by atoms with E-state index in [1.807, 2.05) is 13.1 Å². The minimum absolute atomic E-state index is 0.0335. The van der Waals surface area contributed by atoms with E-state index in [2.05, 4.69) is 23.1 Å². The fraction of sp³-hybridized carbons (Fsp3) is 0.500. The smallest absolute Gasteiger partial charge is 0.105 e. The van der Waals surface area contributed by atoms with Crippen LogP contribution >= 0.6 is 11.3 Å². The summed E-state index contributed by atoms with van der Waals surface area (Å²) in [5.74, 6) is 2.73. The highest BCUT2D eigenvalue weighted by Crippen LogP contribution is 2.19. The van der Waals surface area contributed by atoms with Crippen molar-refractivity contribution < 1.29 is 0 Å². The van der Waals surface area contributed by atoms with E-state index in [1.54, 1.807) is 11.3 Å². The average molecular weight is 194 g/mol. The first-order valence-electron chi connectivity index (χ1n) is 4.39. The first-order valence-corrected chi connectivity index (χ1v) is 5.21. The summed E-state index contributed by atoms with van der Waals surface area (Å²) in [6, 6.07) is 0.0335. The average Bonchev–Trinajstić information content (AvgIpc) is 2.54. The van der Waals surface area contributed by atoms with Crippen molar-refractivity contribution in [2.24, 2.45) is 0 Å². The first kappa shape index (κ1) is 10.2. The van der Waals surface area contributed by atoms with Crippen LogP contribution in [0.4, 0.5) is 0 Å². The summed E-state index contributed by atoms with van der Waals surface area (Å²) in [5, 5.41) is 4.35. The van der Waals surface area contributed by atoms with Crippen LogP contribution < -0.4 is 5.32 Å². The molecule has 1 aromatic rings. The molecule has 0 fully saturated rings. The molecule has 0 amide bonds. The van der Waals surface area contributed by atoms with E-state index in [9.17, 15) is 0 Å². The maximum absolute atomic E-state index is 5.42. The Morgan fingerprint density at radius 3 is 3.00 bits per heavy atom. The quantitative estimate of drug-likeness (QED) is 0.743. The van der Waals surface area contributed by atoms with Gasteiger partial charge in [0.25, 0.3) is 0 Å². The van der Waals surface area contributed by atoms with Gasteiger partial charge >= 0.3 is 0 Å². The predicted octanol–water partition coefficient (Wildman–Crippen LogP) is 2.13. The number of rotatable bonds is 4. The lowest BCUT2D eigenvalue weighted by atomic mass is 10.2. The molecule has 0 spiro atoms. The largest absolute Gasteiger partial charge is 0.299 e. The molecule has 70 valence electrons. The third-order valence-electron chi connectivity index (χ3n) is 1.69. The van der Waals surface area contributed by atoms with Crippen LogP contribution in [0.1, 0.15) is 29.3 Å². The van der Waals surface area contributed by atoms with Gasteiger partial charge in [-0.3, -0.25) is 5.32 Å². The van der Waals surface area contributed by atoms with Gasteiger partial charge in [0.2, 0.25) is 0 Å². The summed E-state index contributed by atoms with van der Waals surface area (Å²) >= 11 is 1.65. The first-order chi connectivity index (χ1) is 6.27. The van der Waals surface area contributed by atoms with E-state index in [1.165, 1.54) is 0 Å². The van der Waals surface area contributed by atoms with Gasteiger partial charge in [-0.1, -0.05) is 12.8 Å². The Morgan fingerprint density at radius 2 is 2.54 bits per heavy atom. The molecule has 0 aliphatic heterocycles. The summed E-state index contributed by atoms with van der Waals surface area (Å²) in [6.45, 7) is 5.06. The standard InChI is InChI=1S/C10H14N2S/c1-4-6-11-9(5-2)10-7-12-8(3)13-10/h2,7,9,11H,4,6H2,1,3H3. The maximum Gasteiger partial charge on any atom is 0.105 e. The van der Waals surface area contributed by atoms with Crippen molar-refractivity contribution in [1.82, 2.24) is 10.3 Å². The van der Waals surface area contributed by atoms with Crippen LogP contribution in [0.5, 0.6) is 0 Å². The fourth-order valence-electron chi connectivity index (χ4n) is 1.04. The highest BCUT2D eigenvalue weighted by atomic mass is 32.1. The number of thiazole rings is 1. The molecule has 3 heteroatoms. The molecule has 1 unspecified atom stereocenters. The van der Waals surface area contributed by atoms with Crippen LogP contribution in [0.25, 0.3) is 0 Å². The molecule has 1 atom stereocenters. The van der Waals surface area contributed by atoms with Gasteiger partial charge in [0.1, 0.15) is 6.04 Å². The van der Waals surface area contributed by atoms with Gasteiger partial charge in [0, 0.05) is 6.20 Å². The minimum atomic E-state index is 0.0335. The zero-order chi connectivity index (χ0) is 9.68. The van der Waals surface area contributed by atoms with Gasteiger partial charge in [0.05, 0.1) is 9.88 Å². The Labute approximate surface area is 83.4 Å². The van der Waals surface area contributed by atoms with Crippen LogP contribution in [-0.4, -0.2) is 11.5 Å². The van der Waals surface area contributed by atoms with Crippen LogP contribution in [-0.2, 0) is 0 Å². The van der Waals surface area contributed by atoms with Gasteiger partial charge in [-0.05, 0) is 19.9 Å². The SMILES string of the molecule is C#CC(NCCC)c1cnc(C)s1. The number of terminal acetylenes is 1. The molecule has 1 aromatic heterocycles. The molecular weight excluding hydrogens is 180 g/mol. The molecule has 1 N–H and O–H groups in total. The van der Waals surface area contributed by atoms with Crippen molar-refractivity contribution in [3.05, 3.63) is 16.1 Å². The third kappa shape index (κ3) is 2.83. The fourth-order valence-corrected chi connectivity index (χ4v) is 1.86. The molecule has 0 aliphatic rings. The van der Waals surface area contributed by atoms with E-state index in [0.717, 1.165) is 22.9 Å². The number of hydrogen-bond acceptors (Lipinski definition) is 3. The van der Waals surface area contributed by atoms with Crippen molar-refractivity contribution in [3.8, 4) is 12.3 Å². The number of hydrogen-bond donors (Lipinski definition) is 1. The van der Waals surface area contributed by atoms with Gasteiger partial charge in [-0.25, -0.2) is 4.98 Å². The zero-order valence-corrected chi connectivity index (χ0v) is 8.82. The van der Waals surface area contributed by atoms with E-state index in [-0.39, 0.29) is 6.04 Å². The van der Waals surface area contributed by atoms with E-state index in [0.29, 0.717) is 0 Å². The molecule has 0 aliphatic carbocycles. The normalized spacial score (nSPS) is 12.4. The second-order valence-corrected chi connectivity index (χ2v) is 4.10. The van der Waals surface area contributed by atoms with Crippen LogP contribution in [0.2, 0.25) is 0 Å². The Hall–Kier alpha value is -0.850. The molecule has 13 heavy (non-hydrogen) atoms. The van der Waals surface area contributed by atoms with Crippen molar-refractivity contribution in [2.45, 2.75) is 26.3 Å². The number of aryl methyl sites for hydroxylation is 1. The van der Waals surface area contributed by atoms with E-state index in [4.69, 9.17) is 6.42 Å². The predicted molar refractivity (Wildman–Crippen MR) is 56.7 cm³/mol. The highest BCUT2D eigenvalue weighted by molar-refractivity contribution is 7.11. The Balaban J connectivity index is 2.63. The molecule has 0 radical (unpaired) electrons. The van der Waals surface area contributed by atoms with Crippen molar-refractivity contribution in [3.63, 3.8) is 0 Å². The topological polar surface area (TPSA) is 24.9 Å².